The molecule has 0 aromatic heterocycles. The van der Waals surface area contributed by atoms with Crippen LogP contribution < -0.4 is 0 Å². The van der Waals surface area contributed by atoms with Crippen molar-refractivity contribution in [1.29, 1.82) is 15.8 Å². The zero-order chi connectivity index (χ0) is 11.3. The van der Waals surface area contributed by atoms with E-state index in [0.717, 1.165) is 0 Å². The van der Waals surface area contributed by atoms with Crippen molar-refractivity contribution in [2.24, 2.45) is 0 Å². The van der Waals surface area contributed by atoms with Gasteiger partial charge in [0.1, 0.15) is 23.8 Å². The van der Waals surface area contributed by atoms with E-state index in [2.05, 4.69) is 15.9 Å². The number of nitriles is 3. The lowest BCUT2D eigenvalue weighted by Crippen LogP contribution is -1.80. The van der Waals surface area contributed by atoms with Crippen LogP contribution in [0.3, 0.4) is 0 Å². The van der Waals surface area contributed by atoms with Crippen molar-refractivity contribution < 1.29 is 0 Å². The fourth-order valence-corrected chi connectivity index (χ4v) is 1.45. The van der Waals surface area contributed by atoms with Gasteiger partial charge < -0.3 is 0 Å². The molecule has 1 aromatic rings. The van der Waals surface area contributed by atoms with Gasteiger partial charge in [0.2, 0.25) is 0 Å². The van der Waals surface area contributed by atoms with Gasteiger partial charge in [-0.2, -0.15) is 15.8 Å². The van der Waals surface area contributed by atoms with Crippen LogP contribution in [0.5, 0.6) is 0 Å². The summed E-state index contributed by atoms with van der Waals surface area (Å²) in [5.41, 5.74) is 1.26. The molecule has 0 aliphatic rings. The van der Waals surface area contributed by atoms with E-state index < -0.39 is 0 Å². The monoisotopic (exact) mass is 257 g/mol. The molecule has 3 nitrogen and oxygen atoms in total. The van der Waals surface area contributed by atoms with Crippen molar-refractivity contribution in [2.75, 3.05) is 0 Å². The summed E-state index contributed by atoms with van der Waals surface area (Å²) < 4.78 is 0.647. The van der Waals surface area contributed by atoms with Gasteiger partial charge in [-0.3, -0.25) is 0 Å². The van der Waals surface area contributed by atoms with Crippen LogP contribution in [0.2, 0.25) is 0 Å². The first-order chi connectivity index (χ1) is 7.21. The molecule has 0 radical (unpaired) electrons. The topological polar surface area (TPSA) is 71.4 Å². The van der Waals surface area contributed by atoms with Gasteiger partial charge in [-0.15, -0.1) is 0 Å². The largest absolute Gasteiger partial charge is 0.192 e. The Balaban J connectivity index is 3.18. The SMILES string of the molecule is N#CC(C#N)=Cc1ccc(C#N)c(Br)c1. The molecule has 0 bridgehead atoms. The number of halogens is 1. The fourth-order valence-electron chi connectivity index (χ4n) is 0.968. The molecule has 0 saturated heterocycles. The predicted molar refractivity (Wildman–Crippen MR) is 58.1 cm³/mol. The van der Waals surface area contributed by atoms with Crippen LogP contribution >= 0.6 is 15.9 Å². The summed E-state index contributed by atoms with van der Waals surface area (Å²) in [7, 11) is 0. The average Bonchev–Trinajstić information content (AvgIpc) is 2.26. The molecule has 0 aliphatic carbocycles. The Hall–Kier alpha value is -2.09. The second kappa shape index (κ2) is 4.96. The van der Waals surface area contributed by atoms with Crippen LogP contribution in [0, 0.1) is 34.0 Å². The number of rotatable bonds is 1. The van der Waals surface area contributed by atoms with Gasteiger partial charge in [-0.1, -0.05) is 6.07 Å². The Labute approximate surface area is 95.6 Å². The first kappa shape index (κ1) is 11.0. The molecular weight excluding hydrogens is 254 g/mol. The average molecular weight is 258 g/mol. The van der Waals surface area contributed by atoms with Crippen LogP contribution in [0.15, 0.2) is 28.2 Å². The summed E-state index contributed by atoms with van der Waals surface area (Å²) in [4.78, 5) is 0. The normalized spacial score (nSPS) is 8.13. The van der Waals surface area contributed by atoms with Gasteiger partial charge in [0.05, 0.1) is 5.56 Å². The third-order valence-electron chi connectivity index (χ3n) is 1.67. The van der Waals surface area contributed by atoms with Crippen molar-refractivity contribution in [3.05, 3.63) is 39.4 Å². The van der Waals surface area contributed by atoms with Crippen molar-refractivity contribution in [3.8, 4) is 18.2 Å². The maximum absolute atomic E-state index is 8.68. The number of allylic oxidation sites excluding steroid dienone is 1. The fraction of sp³-hybridized carbons (Fsp3) is 0. The van der Waals surface area contributed by atoms with Crippen LogP contribution in [0.1, 0.15) is 11.1 Å². The van der Waals surface area contributed by atoms with Gasteiger partial charge in [-0.05, 0) is 39.7 Å². The minimum atomic E-state index is 0.0339. The standard InChI is InChI=1S/C11H4BrN3/c12-11-4-8(1-2-10(11)7-15)3-9(5-13)6-14/h1-4H. The van der Waals surface area contributed by atoms with Crippen molar-refractivity contribution in [3.63, 3.8) is 0 Å². The minimum absolute atomic E-state index is 0.0339. The molecule has 0 aliphatic heterocycles. The molecule has 0 saturated carbocycles. The van der Waals surface area contributed by atoms with Crippen molar-refractivity contribution >= 4 is 22.0 Å². The minimum Gasteiger partial charge on any atom is -0.192 e. The predicted octanol–water partition coefficient (Wildman–Crippen LogP) is 2.75. The lowest BCUT2D eigenvalue weighted by atomic mass is 10.1. The maximum atomic E-state index is 8.68. The van der Waals surface area contributed by atoms with E-state index in [1.165, 1.54) is 6.08 Å². The molecule has 0 fully saturated rings. The molecule has 70 valence electrons. The lowest BCUT2D eigenvalue weighted by Gasteiger charge is -1.96. The first-order valence-electron chi connectivity index (χ1n) is 3.93. The quantitative estimate of drug-likeness (QED) is 0.727. The molecule has 0 atom stereocenters. The van der Waals surface area contributed by atoms with Gasteiger partial charge >= 0.3 is 0 Å². The molecule has 1 aromatic carbocycles. The Kier molecular flexibility index (Phi) is 3.63. The van der Waals surface area contributed by atoms with E-state index in [4.69, 9.17) is 15.8 Å². The van der Waals surface area contributed by atoms with Crippen LogP contribution in [-0.4, -0.2) is 0 Å². The van der Waals surface area contributed by atoms with Gasteiger partial charge in [0, 0.05) is 4.47 Å². The number of hydrogen-bond acceptors (Lipinski definition) is 3. The molecular formula is C11H4BrN3. The molecule has 0 unspecified atom stereocenters. The first-order valence-corrected chi connectivity index (χ1v) is 4.72. The molecule has 4 heteroatoms. The summed E-state index contributed by atoms with van der Waals surface area (Å²) in [6, 6.07) is 10.5. The van der Waals surface area contributed by atoms with Gasteiger partial charge in [0.25, 0.3) is 0 Å². The molecule has 0 heterocycles. The summed E-state index contributed by atoms with van der Waals surface area (Å²) in [6.45, 7) is 0. The Morgan fingerprint density at radius 3 is 2.33 bits per heavy atom. The van der Waals surface area contributed by atoms with Gasteiger partial charge in [0.15, 0.2) is 0 Å². The Bertz CT molecular complexity index is 522. The number of hydrogen-bond donors (Lipinski definition) is 0. The Morgan fingerprint density at radius 1 is 1.20 bits per heavy atom. The van der Waals surface area contributed by atoms with E-state index in [9.17, 15) is 0 Å². The van der Waals surface area contributed by atoms with Crippen LogP contribution in [0.4, 0.5) is 0 Å². The van der Waals surface area contributed by atoms with E-state index in [1.807, 2.05) is 6.07 Å². The van der Waals surface area contributed by atoms with E-state index in [1.54, 1.807) is 30.3 Å². The zero-order valence-corrected chi connectivity index (χ0v) is 9.12. The summed E-state index contributed by atoms with van der Waals surface area (Å²) >= 11 is 3.22. The zero-order valence-electron chi connectivity index (χ0n) is 7.53. The van der Waals surface area contributed by atoms with Gasteiger partial charge in [-0.25, -0.2) is 0 Å². The molecule has 15 heavy (non-hydrogen) atoms. The maximum Gasteiger partial charge on any atom is 0.130 e. The summed E-state index contributed by atoms with van der Waals surface area (Å²) in [5.74, 6) is 0. The van der Waals surface area contributed by atoms with E-state index >= 15 is 0 Å². The van der Waals surface area contributed by atoms with E-state index in [-0.39, 0.29) is 5.57 Å². The van der Waals surface area contributed by atoms with E-state index in [0.29, 0.717) is 15.6 Å². The second-order valence-electron chi connectivity index (χ2n) is 2.63. The lowest BCUT2D eigenvalue weighted by molar-refractivity contribution is 1.45. The number of benzene rings is 1. The highest BCUT2D eigenvalue weighted by atomic mass is 79.9. The smallest absolute Gasteiger partial charge is 0.130 e. The molecule has 0 N–H and O–H groups in total. The highest BCUT2D eigenvalue weighted by Crippen LogP contribution is 2.19. The van der Waals surface area contributed by atoms with Crippen LogP contribution in [-0.2, 0) is 0 Å². The molecule has 1 rings (SSSR count). The third-order valence-corrected chi connectivity index (χ3v) is 2.32. The highest BCUT2D eigenvalue weighted by molar-refractivity contribution is 9.10. The van der Waals surface area contributed by atoms with Crippen molar-refractivity contribution in [1.82, 2.24) is 0 Å². The third kappa shape index (κ3) is 2.68. The van der Waals surface area contributed by atoms with Crippen LogP contribution in [0.25, 0.3) is 6.08 Å². The van der Waals surface area contributed by atoms with Crippen molar-refractivity contribution in [2.45, 2.75) is 0 Å². The molecule has 0 amide bonds. The highest BCUT2D eigenvalue weighted by Gasteiger charge is 2.00. The second-order valence-corrected chi connectivity index (χ2v) is 3.49. The number of nitrogens with zero attached hydrogens (tertiary/aromatic N) is 3. The Morgan fingerprint density at radius 2 is 1.87 bits per heavy atom. The molecule has 0 spiro atoms. The summed E-state index contributed by atoms with van der Waals surface area (Å²) in [5, 5.41) is 25.8. The summed E-state index contributed by atoms with van der Waals surface area (Å²) in [6.07, 6.45) is 1.46.